The number of carboxylic acid groups (broad SMARTS) is 1. The van der Waals surface area contributed by atoms with Crippen molar-refractivity contribution in [2.45, 2.75) is 181 Å². The third-order valence-electron chi connectivity index (χ3n) is 10.8. The molecule has 0 unspecified atom stereocenters. The fraction of sp³-hybridized carbons (Fsp3) is 0.604. The highest BCUT2D eigenvalue weighted by Gasteiger charge is 2.30. The van der Waals surface area contributed by atoms with Gasteiger partial charge in [-0.15, -0.1) is 0 Å². The van der Waals surface area contributed by atoms with E-state index in [-0.39, 0.29) is 76.0 Å². The van der Waals surface area contributed by atoms with Gasteiger partial charge in [0.15, 0.2) is 0 Å². The predicted octanol–water partition coefficient (Wildman–Crippen LogP) is 7.51. The molecule has 2 aromatic carbocycles. The summed E-state index contributed by atoms with van der Waals surface area (Å²) in [5, 5.41) is 24.8. The highest BCUT2D eigenvalue weighted by atomic mass is 16.6. The first-order chi connectivity index (χ1) is 34.3. The number of hydrogen-bond acceptors (Lipinski definition) is 13. The Labute approximate surface area is 429 Å². The van der Waals surface area contributed by atoms with Gasteiger partial charge in [0.1, 0.15) is 35.5 Å². The number of nitrogens with zero attached hydrogens (tertiary/aromatic N) is 1. The topological polar surface area (TPSA) is 278 Å². The molecule has 3 rings (SSSR count). The van der Waals surface area contributed by atoms with Crippen LogP contribution in [0.15, 0.2) is 53.5 Å². The van der Waals surface area contributed by atoms with Gasteiger partial charge in [0.2, 0.25) is 23.7 Å². The Bertz CT molecular complexity index is 2130. The first kappa shape index (κ1) is 60.6. The first-order valence-corrected chi connectivity index (χ1v) is 25.2. The lowest BCUT2D eigenvalue weighted by Crippen LogP contribution is -2.47. The SMILES string of the molecule is CC(C)(C)OC(=O)NC(=NCCC[C@H](NC(=O)CCCCCC(=O)N[C@H](CCCCNC(=O)OCC1c2ccccc2-c2ccccc21)C(=O)OC(C)(C)C)C(=O)NCCCCC(=O)O)NC(=O)OC(C)(C)C. The second kappa shape index (κ2) is 29.7. The lowest BCUT2D eigenvalue weighted by molar-refractivity contribution is -0.159. The minimum Gasteiger partial charge on any atom is -0.481 e. The number of aliphatic imine (C=N–C) groups is 1. The summed E-state index contributed by atoms with van der Waals surface area (Å²) in [5.41, 5.74) is 2.04. The molecule has 0 spiro atoms. The van der Waals surface area contributed by atoms with Gasteiger partial charge in [-0.05, 0) is 142 Å². The van der Waals surface area contributed by atoms with E-state index in [9.17, 15) is 38.4 Å². The average Bonchev–Trinajstić information content (AvgIpc) is 3.59. The molecule has 0 saturated heterocycles. The summed E-state index contributed by atoms with van der Waals surface area (Å²) < 4.78 is 21.8. The molecule has 6 amide bonds. The number of ether oxygens (including phenoxy) is 4. The Hall–Kier alpha value is -6.73. The van der Waals surface area contributed by atoms with E-state index in [0.29, 0.717) is 51.5 Å². The molecule has 0 heterocycles. The number of unbranched alkanes of at least 4 members (excludes halogenated alkanes) is 4. The van der Waals surface area contributed by atoms with Crippen LogP contribution in [-0.4, -0.2) is 114 Å². The van der Waals surface area contributed by atoms with Gasteiger partial charge < -0.3 is 45.3 Å². The van der Waals surface area contributed by atoms with Crippen LogP contribution in [0.4, 0.5) is 14.4 Å². The maximum absolute atomic E-state index is 13.3. The number of carboxylic acids is 1. The van der Waals surface area contributed by atoms with Crippen LogP contribution in [0.5, 0.6) is 0 Å². The lowest BCUT2D eigenvalue weighted by Gasteiger charge is -2.24. The number of nitrogens with one attached hydrogen (secondary N) is 6. The molecule has 0 aromatic heterocycles. The highest BCUT2D eigenvalue weighted by Crippen LogP contribution is 2.44. The van der Waals surface area contributed by atoms with Crippen molar-refractivity contribution in [3.05, 3.63) is 59.7 Å². The quantitative estimate of drug-likeness (QED) is 0.0158. The predicted molar refractivity (Wildman–Crippen MR) is 274 cm³/mol. The van der Waals surface area contributed by atoms with E-state index in [0.717, 1.165) is 22.3 Å². The molecular weight excluding hydrogens is 943 g/mol. The number of guanidine groups is 1. The van der Waals surface area contributed by atoms with Gasteiger partial charge in [0, 0.05) is 44.8 Å². The molecule has 20 heteroatoms. The molecule has 2 atom stereocenters. The number of fused-ring (bicyclic) bond motifs is 3. The van der Waals surface area contributed by atoms with Gasteiger partial charge in [0.25, 0.3) is 0 Å². The van der Waals surface area contributed by atoms with E-state index in [1.807, 2.05) is 24.3 Å². The van der Waals surface area contributed by atoms with Crippen LogP contribution in [-0.2, 0) is 42.9 Å². The number of esters is 1. The Balaban J connectivity index is 1.47. The number of carbonyl (C=O) groups excluding carboxylic acids is 7. The van der Waals surface area contributed by atoms with Gasteiger partial charge in [-0.1, -0.05) is 55.0 Å². The lowest BCUT2D eigenvalue weighted by atomic mass is 9.98. The summed E-state index contributed by atoms with van der Waals surface area (Å²) in [4.78, 5) is 106. The van der Waals surface area contributed by atoms with Crippen LogP contribution < -0.4 is 31.9 Å². The zero-order chi connectivity index (χ0) is 54.2. The van der Waals surface area contributed by atoms with Crippen LogP contribution >= 0.6 is 0 Å². The highest BCUT2D eigenvalue weighted by molar-refractivity contribution is 6.01. The number of amides is 6. The summed E-state index contributed by atoms with van der Waals surface area (Å²) in [7, 11) is 0. The fourth-order valence-corrected chi connectivity index (χ4v) is 7.62. The molecule has 0 radical (unpaired) electrons. The monoisotopic (exact) mass is 1020 g/mol. The maximum Gasteiger partial charge on any atom is 0.414 e. The average molecular weight is 1020 g/mol. The van der Waals surface area contributed by atoms with Gasteiger partial charge in [-0.3, -0.25) is 34.8 Å². The Morgan fingerprint density at radius 1 is 0.562 bits per heavy atom. The molecule has 73 heavy (non-hydrogen) atoms. The minimum atomic E-state index is -0.984. The number of aliphatic carboxylic acids is 1. The van der Waals surface area contributed by atoms with Crippen molar-refractivity contribution in [1.82, 2.24) is 31.9 Å². The second-order valence-corrected chi connectivity index (χ2v) is 20.9. The van der Waals surface area contributed by atoms with Crippen LogP contribution in [0.3, 0.4) is 0 Å². The number of carbonyl (C=O) groups is 8. The van der Waals surface area contributed by atoms with E-state index in [1.165, 1.54) is 0 Å². The second-order valence-electron chi connectivity index (χ2n) is 20.9. The van der Waals surface area contributed by atoms with Crippen molar-refractivity contribution in [2.75, 3.05) is 26.2 Å². The minimum absolute atomic E-state index is 0.0108. The Morgan fingerprint density at radius 3 is 1.58 bits per heavy atom. The first-order valence-electron chi connectivity index (χ1n) is 25.2. The third kappa shape index (κ3) is 25.0. The van der Waals surface area contributed by atoms with Crippen molar-refractivity contribution in [3.63, 3.8) is 0 Å². The molecule has 0 aliphatic heterocycles. The van der Waals surface area contributed by atoms with Gasteiger partial charge in [-0.25, -0.2) is 19.2 Å². The van der Waals surface area contributed by atoms with E-state index in [2.05, 4.69) is 61.2 Å². The van der Waals surface area contributed by atoms with Gasteiger partial charge in [0.05, 0.1) is 0 Å². The van der Waals surface area contributed by atoms with Crippen molar-refractivity contribution in [2.24, 2.45) is 4.99 Å². The summed E-state index contributed by atoms with van der Waals surface area (Å²) in [6.07, 6.45) is 1.53. The molecule has 2 aromatic rings. The Morgan fingerprint density at radius 2 is 1.04 bits per heavy atom. The number of rotatable bonds is 26. The molecule has 404 valence electrons. The smallest absolute Gasteiger partial charge is 0.414 e. The fourth-order valence-electron chi connectivity index (χ4n) is 7.62. The normalized spacial score (nSPS) is 12.9. The molecule has 0 fully saturated rings. The number of alkyl carbamates (subject to hydrolysis) is 3. The van der Waals surface area contributed by atoms with E-state index >= 15 is 0 Å². The molecular formula is C53H79N7O13. The van der Waals surface area contributed by atoms with Crippen molar-refractivity contribution in [1.29, 1.82) is 0 Å². The van der Waals surface area contributed by atoms with Crippen molar-refractivity contribution >= 4 is 53.9 Å². The number of hydrogen-bond donors (Lipinski definition) is 7. The van der Waals surface area contributed by atoms with Crippen molar-refractivity contribution < 1.29 is 62.4 Å². The van der Waals surface area contributed by atoms with Gasteiger partial charge in [-0.2, -0.15) is 0 Å². The summed E-state index contributed by atoms with van der Waals surface area (Å²) in [5.74, 6) is -3.06. The standard InChI is InChI=1S/C53H79N7O13/c1-51(2,3)71-46(66)41(26-17-19-32-56-48(67)70-34-39-37-24-15-13-22-35(37)36-23-14-16-25-38(36)39)58-43(62)29-12-10-11-28-42(61)57-40(45(65)54-31-20-18-30-44(63)64)27-21-33-55-47(59-49(68)72-52(4,5)6)60-50(69)73-53(7,8)9/h13-16,22-25,39-41H,10-12,17-21,26-34H2,1-9H3,(H,54,65)(H,56,67)(H,57,61)(H,58,62)(H,63,64)(H2,55,59,60,68,69)/t40-,41+/m0/s1. The van der Waals surface area contributed by atoms with E-state index in [1.54, 1.807) is 62.3 Å². The molecule has 7 N–H and O–H groups in total. The number of benzene rings is 2. The summed E-state index contributed by atoms with van der Waals surface area (Å²) in [6.45, 7) is 15.9. The van der Waals surface area contributed by atoms with Gasteiger partial charge >= 0.3 is 30.2 Å². The molecule has 0 bridgehead atoms. The largest absolute Gasteiger partial charge is 0.481 e. The van der Waals surface area contributed by atoms with Crippen LogP contribution in [0.1, 0.15) is 163 Å². The zero-order valence-corrected chi connectivity index (χ0v) is 44.2. The van der Waals surface area contributed by atoms with Crippen LogP contribution in [0.2, 0.25) is 0 Å². The zero-order valence-electron chi connectivity index (χ0n) is 44.2. The van der Waals surface area contributed by atoms with E-state index in [4.69, 9.17) is 24.1 Å². The summed E-state index contributed by atoms with van der Waals surface area (Å²) >= 11 is 0. The van der Waals surface area contributed by atoms with Crippen LogP contribution in [0, 0.1) is 0 Å². The van der Waals surface area contributed by atoms with Crippen molar-refractivity contribution in [3.8, 4) is 11.1 Å². The Kier molecular flexibility index (Phi) is 24.6. The summed E-state index contributed by atoms with van der Waals surface area (Å²) in [6, 6.07) is 14.3. The molecule has 0 saturated carbocycles. The van der Waals surface area contributed by atoms with Crippen LogP contribution in [0.25, 0.3) is 11.1 Å². The molecule has 20 nitrogen and oxygen atoms in total. The maximum atomic E-state index is 13.3. The molecule has 1 aliphatic rings. The third-order valence-corrected chi connectivity index (χ3v) is 10.8. The van der Waals surface area contributed by atoms with E-state index < -0.39 is 70.9 Å². The molecule has 1 aliphatic carbocycles.